The Morgan fingerprint density at radius 3 is 2.89 bits per heavy atom. The van der Waals surface area contributed by atoms with E-state index < -0.39 is 5.97 Å². The minimum absolute atomic E-state index is 0.274. The molecule has 104 valence electrons. The molecule has 3 nitrogen and oxygen atoms in total. The van der Waals surface area contributed by atoms with E-state index in [2.05, 4.69) is 0 Å². The first-order valence-corrected chi connectivity index (χ1v) is 7.95. The van der Waals surface area contributed by atoms with Gasteiger partial charge >= 0.3 is 5.97 Å². The second kappa shape index (κ2) is 7.43. The molecular weight excluding hydrogens is 260 g/mol. The van der Waals surface area contributed by atoms with E-state index >= 15 is 0 Å². The van der Waals surface area contributed by atoms with Crippen molar-refractivity contribution in [2.24, 2.45) is 5.92 Å². The van der Waals surface area contributed by atoms with Crippen LogP contribution in [0.5, 0.6) is 5.75 Å². The smallest absolute Gasteiger partial charge is 0.335 e. The summed E-state index contributed by atoms with van der Waals surface area (Å²) in [6, 6.07) is 6.66. The zero-order valence-corrected chi connectivity index (χ0v) is 11.8. The van der Waals surface area contributed by atoms with E-state index in [0.29, 0.717) is 12.4 Å². The molecule has 0 bridgehead atoms. The maximum absolute atomic E-state index is 10.8. The summed E-state index contributed by atoms with van der Waals surface area (Å²) in [5, 5.41) is 8.88. The molecule has 1 saturated carbocycles. The zero-order chi connectivity index (χ0) is 13.5. The van der Waals surface area contributed by atoms with Crippen LogP contribution >= 0.6 is 11.8 Å². The van der Waals surface area contributed by atoms with Gasteiger partial charge in [0.1, 0.15) is 5.75 Å². The average Bonchev–Trinajstić information content (AvgIpc) is 2.92. The molecule has 0 aliphatic heterocycles. The Hall–Kier alpha value is -1.16. The number of hydrogen-bond acceptors (Lipinski definition) is 3. The summed E-state index contributed by atoms with van der Waals surface area (Å²) in [5.74, 6) is 2.83. The Bertz CT molecular complexity index is 414. The molecule has 1 aliphatic carbocycles. The van der Waals surface area contributed by atoms with Gasteiger partial charge in [-0.3, -0.25) is 0 Å². The first kappa shape index (κ1) is 14.3. The van der Waals surface area contributed by atoms with Gasteiger partial charge in [-0.2, -0.15) is 11.8 Å². The number of hydrogen-bond donors (Lipinski definition) is 1. The summed E-state index contributed by atoms with van der Waals surface area (Å²) >= 11 is 1.94. The molecule has 0 radical (unpaired) electrons. The Morgan fingerprint density at radius 1 is 1.37 bits per heavy atom. The second-order valence-corrected chi connectivity index (χ2v) is 6.06. The summed E-state index contributed by atoms with van der Waals surface area (Å²) in [4.78, 5) is 10.8. The van der Waals surface area contributed by atoms with Gasteiger partial charge in [-0.05, 0) is 42.7 Å². The topological polar surface area (TPSA) is 46.5 Å². The molecular formula is C15H20O3S. The van der Waals surface area contributed by atoms with Crippen molar-refractivity contribution in [1.82, 2.24) is 0 Å². The molecule has 1 aliphatic rings. The van der Waals surface area contributed by atoms with Gasteiger partial charge in [0, 0.05) is 5.75 Å². The minimum atomic E-state index is -0.916. The number of carboxylic acid groups (broad SMARTS) is 1. The molecule has 1 N–H and O–H groups in total. The quantitative estimate of drug-likeness (QED) is 0.774. The Labute approximate surface area is 118 Å². The highest BCUT2D eigenvalue weighted by atomic mass is 32.2. The third-order valence-corrected chi connectivity index (χ3v) is 4.57. The van der Waals surface area contributed by atoms with Crippen LogP contribution in [0.25, 0.3) is 0 Å². The van der Waals surface area contributed by atoms with E-state index in [1.165, 1.54) is 31.4 Å². The largest absolute Gasteiger partial charge is 0.493 e. The van der Waals surface area contributed by atoms with Gasteiger partial charge in [-0.15, -0.1) is 0 Å². The molecule has 2 rings (SSSR count). The predicted octanol–water partition coefficient (Wildman–Crippen LogP) is 3.69. The molecule has 4 heteroatoms. The third kappa shape index (κ3) is 4.78. The fourth-order valence-electron chi connectivity index (χ4n) is 2.36. The van der Waals surface area contributed by atoms with Crippen molar-refractivity contribution in [2.45, 2.75) is 25.7 Å². The van der Waals surface area contributed by atoms with Gasteiger partial charge in [0.2, 0.25) is 0 Å². The molecule has 1 fully saturated rings. The molecule has 0 unspecified atom stereocenters. The van der Waals surface area contributed by atoms with Crippen molar-refractivity contribution in [3.63, 3.8) is 0 Å². The van der Waals surface area contributed by atoms with Crippen LogP contribution in [0.4, 0.5) is 0 Å². The lowest BCUT2D eigenvalue weighted by Crippen LogP contribution is -2.04. The van der Waals surface area contributed by atoms with Gasteiger partial charge < -0.3 is 9.84 Å². The molecule has 1 aromatic rings. The van der Waals surface area contributed by atoms with Gasteiger partial charge in [-0.25, -0.2) is 4.79 Å². The molecule has 1 aromatic carbocycles. The summed E-state index contributed by atoms with van der Waals surface area (Å²) in [6.45, 7) is 0.639. The van der Waals surface area contributed by atoms with Crippen LogP contribution in [-0.2, 0) is 0 Å². The van der Waals surface area contributed by atoms with Gasteiger partial charge in [-0.1, -0.05) is 18.9 Å². The fourth-order valence-corrected chi connectivity index (χ4v) is 3.40. The van der Waals surface area contributed by atoms with Gasteiger partial charge in [0.05, 0.1) is 12.2 Å². The van der Waals surface area contributed by atoms with E-state index in [1.54, 1.807) is 24.3 Å². The van der Waals surface area contributed by atoms with E-state index in [0.717, 1.165) is 11.7 Å². The van der Waals surface area contributed by atoms with Crippen LogP contribution < -0.4 is 4.74 Å². The molecule has 19 heavy (non-hydrogen) atoms. The maximum Gasteiger partial charge on any atom is 0.335 e. The molecule has 0 spiro atoms. The maximum atomic E-state index is 10.8. The van der Waals surface area contributed by atoms with Crippen molar-refractivity contribution in [2.75, 3.05) is 18.1 Å². The van der Waals surface area contributed by atoms with Gasteiger partial charge in [0.25, 0.3) is 0 Å². The highest BCUT2D eigenvalue weighted by molar-refractivity contribution is 7.99. The summed E-state index contributed by atoms with van der Waals surface area (Å²) in [6.07, 6.45) is 5.55. The van der Waals surface area contributed by atoms with Crippen LogP contribution in [0.1, 0.15) is 36.0 Å². The minimum Gasteiger partial charge on any atom is -0.493 e. The number of rotatable bonds is 7. The summed E-state index contributed by atoms with van der Waals surface area (Å²) in [7, 11) is 0. The summed E-state index contributed by atoms with van der Waals surface area (Å²) in [5.41, 5.74) is 0.274. The molecule has 0 saturated heterocycles. The number of carbonyl (C=O) groups is 1. The van der Waals surface area contributed by atoms with Crippen LogP contribution in [0, 0.1) is 5.92 Å². The SMILES string of the molecule is O=C(O)c1cccc(OCCSCC2CCCC2)c1. The molecule has 0 atom stereocenters. The monoisotopic (exact) mass is 280 g/mol. The van der Waals surface area contributed by atoms with Crippen molar-refractivity contribution in [3.05, 3.63) is 29.8 Å². The van der Waals surface area contributed by atoms with E-state index in [1.807, 2.05) is 11.8 Å². The average molecular weight is 280 g/mol. The van der Waals surface area contributed by atoms with Gasteiger partial charge in [0.15, 0.2) is 0 Å². The van der Waals surface area contributed by atoms with Crippen molar-refractivity contribution >= 4 is 17.7 Å². The fraction of sp³-hybridized carbons (Fsp3) is 0.533. The predicted molar refractivity (Wildman–Crippen MR) is 78.2 cm³/mol. The first-order chi connectivity index (χ1) is 9.25. The first-order valence-electron chi connectivity index (χ1n) is 6.79. The van der Waals surface area contributed by atoms with Crippen molar-refractivity contribution in [1.29, 1.82) is 0 Å². The normalized spacial score (nSPS) is 15.6. The van der Waals surface area contributed by atoms with Crippen LogP contribution in [0.2, 0.25) is 0 Å². The third-order valence-electron chi connectivity index (χ3n) is 3.41. The van der Waals surface area contributed by atoms with Crippen LogP contribution in [0.15, 0.2) is 24.3 Å². The van der Waals surface area contributed by atoms with Crippen LogP contribution in [0.3, 0.4) is 0 Å². The Balaban J connectivity index is 1.64. The lowest BCUT2D eigenvalue weighted by atomic mass is 10.1. The second-order valence-electron chi connectivity index (χ2n) is 4.91. The highest BCUT2D eigenvalue weighted by Gasteiger charge is 2.14. The Morgan fingerprint density at radius 2 is 2.16 bits per heavy atom. The number of ether oxygens (including phenoxy) is 1. The zero-order valence-electron chi connectivity index (χ0n) is 11.0. The highest BCUT2D eigenvalue weighted by Crippen LogP contribution is 2.27. The molecule has 0 aromatic heterocycles. The molecule has 0 amide bonds. The summed E-state index contributed by atoms with van der Waals surface area (Å²) < 4.78 is 5.58. The molecule has 0 heterocycles. The Kier molecular flexibility index (Phi) is 5.58. The van der Waals surface area contributed by atoms with Crippen LogP contribution in [-0.4, -0.2) is 29.2 Å². The standard InChI is InChI=1S/C15H20O3S/c16-15(17)13-6-3-7-14(10-13)18-8-9-19-11-12-4-1-2-5-12/h3,6-7,10,12H,1-2,4-5,8-9,11H2,(H,16,17). The number of carboxylic acids is 1. The van der Waals surface area contributed by atoms with E-state index in [4.69, 9.17) is 9.84 Å². The van der Waals surface area contributed by atoms with E-state index in [-0.39, 0.29) is 5.56 Å². The number of benzene rings is 1. The number of thioether (sulfide) groups is 1. The van der Waals surface area contributed by atoms with E-state index in [9.17, 15) is 4.79 Å². The van der Waals surface area contributed by atoms with Crippen molar-refractivity contribution in [3.8, 4) is 5.75 Å². The number of aromatic carboxylic acids is 1. The lowest BCUT2D eigenvalue weighted by molar-refractivity contribution is 0.0696. The van der Waals surface area contributed by atoms with Crippen molar-refractivity contribution < 1.29 is 14.6 Å². The lowest BCUT2D eigenvalue weighted by Gasteiger charge is -2.09.